The summed E-state index contributed by atoms with van der Waals surface area (Å²) in [4.78, 5) is 18.4. The Balaban J connectivity index is 1.44. The Morgan fingerprint density at radius 2 is 1.84 bits per heavy atom. The van der Waals surface area contributed by atoms with Crippen molar-refractivity contribution in [3.05, 3.63) is 65.6 Å². The van der Waals surface area contributed by atoms with Crippen LogP contribution in [0.3, 0.4) is 0 Å². The molecule has 2 aliphatic rings. The molecule has 0 unspecified atom stereocenters. The van der Waals surface area contributed by atoms with Gasteiger partial charge in [0.25, 0.3) is 0 Å². The van der Waals surface area contributed by atoms with E-state index in [2.05, 4.69) is 66.9 Å². The molecule has 2 aromatic heterocycles. The quantitative estimate of drug-likeness (QED) is 0.633. The molecule has 1 N–H and O–H groups in total. The van der Waals surface area contributed by atoms with E-state index < -0.39 is 0 Å². The van der Waals surface area contributed by atoms with Gasteiger partial charge in [0.1, 0.15) is 0 Å². The van der Waals surface area contributed by atoms with Gasteiger partial charge < -0.3 is 10.0 Å². The monoisotopic (exact) mass is 429 g/mol. The lowest BCUT2D eigenvalue weighted by Gasteiger charge is -2.34. The number of hydrogen-bond donors (Lipinski definition) is 1. The second-order valence-corrected chi connectivity index (χ2v) is 10.0. The molecule has 1 aliphatic carbocycles. The molecule has 32 heavy (non-hydrogen) atoms. The number of aryl methyl sites for hydroxylation is 1. The fraction of sp³-hybridized carbons (Fsp3) is 0.423. The normalized spacial score (nSPS) is 16.6. The van der Waals surface area contributed by atoms with E-state index >= 15 is 0 Å². The van der Waals surface area contributed by atoms with Crippen molar-refractivity contribution in [2.45, 2.75) is 51.1 Å². The van der Waals surface area contributed by atoms with Crippen molar-refractivity contribution in [3.63, 3.8) is 0 Å². The molecular weight excluding hydrogens is 398 g/mol. The van der Waals surface area contributed by atoms with E-state index in [1.54, 1.807) is 0 Å². The van der Waals surface area contributed by atoms with Crippen LogP contribution in [0.4, 0.5) is 11.6 Å². The Hall–Kier alpha value is -2.83. The molecule has 6 nitrogen and oxygen atoms in total. The van der Waals surface area contributed by atoms with Crippen LogP contribution in [0.25, 0.3) is 11.3 Å². The highest BCUT2D eigenvalue weighted by molar-refractivity contribution is 5.72. The summed E-state index contributed by atoms with van der Waals surface area (Å²) in [5.74, 6) is 0.743. The van der Waals surface area contributed by atoms with Gasteiger partial charge in [0.2, 0.25) is 5.95 Å². The van der Waals surface area contributed by atoms with Crippen molar-refractivity contribution in [2.24, 2.45) is 0 Å². The highest BCUT2D eigenvalue weighted by atomic mass is 16.3. The SMILES string of the molecule is Cc1ccnc(-c2cnc(N3CC4(CC4)c4ccc(CN(C)C(C)(C)CO)cc43)nc2)c1. The molecule has 0 atom stereocenters. The van der Waals surface area contributed by atoms with Gasteiger partial charge in [-0.3, -0.25) is 9.88 Å². The summed E-state index contributed by atoms with van der Waals surface area (Å²) in [6, 6.07) is 10.9. The fourth-order valence-electron chi connectivity index (χ4n) is 4.47. The molecule has 166 valence electrons. The number of nitrogens with zero attached hydrogens (tertiary/aromatic N) is 5. The number of aliphatic hydroxyl groups is 1. The fourth-order valence-corrected chi connectivity index (χ4v) is 4.47. The molecule has 1 fully saturated rings. The molecule has 6 heteroatoms. The molecule has 0 bridgehead atoms. The molecule has 0 saturated heterocycles. The predicted octanol–water partition coefficient (Wildman–Crippen LogP) is 4.23. The minimum atomic E-state index is -0.265. The standard InChI is InChI=1S/C26H31N5O/c1-18-7-10-27-22(11-18)20-13-28-24(29-14-20)31-16-26(8-9-26)21-6-5-19(12-23(21)31)15-30(4)25(2,3)17-32/h5-7,10-14,32H,8-9,15-17H2,1-4H3. The second kappa shape index (κ2) is 7.64. The second-order valence-electron chi connectivity index (χ2n) is 10.0. The molecule has 3 aromatic rings. The number of hydrogen-bond acceptors (Lipinski definition) is 6. The van der Waals surface area contributed by atoms with E-state index in [1.807, 2.05) is 24.7 Å². The van der Waals surface area contributed by atoms with Crippen LogP contribution < -0.4 is 4.90 Å². The van der Waals surface area contributed by atoms with E-state index in [0.29, 0.717) is 0 Å². The lowest BCUT2D eigenvalue weighted by atomic mass is 9.97. The van der Waals surface area contributed by atoms with Gasteiger partial charge in [0.05, 0.1) is 12.3 Å². The Bertz CT molecular complexity index is 1140. The first-order chi connectivity index (χ1) is 15.3. The largest absolute Gasteiger partial charge is 0.394 e. The average Bonchev–Trinajstić information content (AvgIpc) is 3.50. The first kappa shape index (κ1) is 21.0. The topological polar surface area (TPSA) is 65.4 Å². The van der Waals surface area contributed by atoms with E-state index in [9.17, 15) is 5.11 Å². The average molecular weight is 430 g/mol. The minimum absolute atomic E-state index is 0.125. The van der Waals surface area contributed by atoms with Crippen LogP contribution in [0, 0.1) is 6.92 Å². The Morgan fingerprint density at radius 3 is 2.50 bits per heavy atom. The molecule has 5 rings (SSSR count). The van der Waals surface area contributed by atoms with Crippen LogP contribution in [0.5, 0.6) is 0 Å². The van der Waals surface area contributed by atoms with Crippen molar-refractivity contribution >= 4 is 11.6 Å². The van der Waals surface area contributed by atoms with Crippen molar-refractivity contribution in [3.8, 4) is 11.3 Å². The number of pyridine rings is 1. The van der Waals surface area contributed by atoms with Crippen LogP contribution >= 0.6 is 0 Å². The Kier molecular flexibility index (Phi) is 5.02. The van der Waals surface area contributed by atoms with Gasteiger partial charge >= 0.3 is 0 Å². The first-order valence-corrected chi connectivity index (χ1v) is 11.3. The number of aliphatic hydroxyl groups excluding tert-OH is 1. The number of benzene rings is 1. The van der Waals surface area contributed by atoms with Crippen LogP contribution in [-0.4, -0.2) is 50.7 Å². The van der Waals surface area contributed by atoms with Gasteiger partial charge in [-0.1, -0.05) is 12.1 Å². The summed E-state index contributed by atoms with van der Waals surface area (Å²) < 4.78 is 0. The molecule has 1 spiro atoms. The summed E-state index contributed by atoms with van der Waals surface area (Å²) in [5, 5.41) is 9.71. The summed E-state index contributed by atoms with van der Waals surface area (Å²) >= 11 is 0. The third kappa shape index (κ3) is 3.67. The Labute approximate surface area is 190 Å². The maximum absolute atomic E-state index is 9.71. The predicted molar refractivity (Wildman–Crippen MR) is 127 cm³/mol. The lowest BCUT2D eigenvalue weighted by molar-refractivity contribution is 0.0734. The third-order valence-electron chi connectivity index (χ3n) is 7.17. The van der Waals surface area contributed by atoms with E-state index in [1.165, 1.54) is 35.2 Å². The molecule has 1 aliphatic heterocycles. The van der Waals surface area contributed by atoms with Gasteiger partial charge in [-0.05, 0) is 75.5 Å². The van der Waals surface area contributed by atoms with Gasteiger partial charge in [0, 0.05) is 53.9 Å². The lowest BCUT2D eigenvalue weighted by Crippen LogP contribution is -2.43. The summed E-state index contributed by atoms with van der Waals surface area (Å²) in [6.07, 6.45) is 8.02. The number of rotatable bonds is 6. The maximum Gasteiger partial charge on any atom is 0.229 e. The van der Waals surface area contributed by atoms with E-state index in [0.717, 1.165) is 30.3 Å². The van der Waals surface area contributed by atoms with Gasteiger partial charge in [-0.15, -0.1) is 0 Å². The molecule has 3 heterocycles. The summed E-state index contributed by atoms with van der Waals surface area (Å²) in [5.41, 5.74) is 6.85. The number of fused-ring (bicyclic) bond motifs is 2. The minimum Gasteiger partial charge on any atom is -0.394 e. The van der Waals surface area contributed by atoms with Gasteiger partial charge in [-0.25, -0.2) is 9.97 Å². The number of likely N-dealkylation sites (N-methyl/N-ethyl adjacent to an activating group) is 1. The van der Waals surface area contributed by atoms with Crippen molar-refractivity contribution in [2.75, 3.05) is 25.1 Å². The molecule has 0 amide bonds. The third-order valence-corrected chi connectivity index (χ3v) is 7.17. The number of aromatic nitrogens is 3. The van der Waals surface area contributed by atoms with Crippen LogP contribution in [0.1, 0.15) is 43.4 Å². The molecule has 0 radical (unpaired) electrons. The van der Waals surface area contributed by atoms with Crippen molar-refractivity contribution in [1.29, 1.82) is 0 Å². The first-order valence-electron chi connectivity index (χ1n) is 11.3. The zero-order valence-electron chi connectivity index (χ0n) is 19.3. The zero-order valence-corrected chi connectivity index (χ0v) is 19.3. The van der Waals surface area contributed by atoms with Crippen LogP contribution in [0.15, 0.2) is 48.9 Å². The van der Waals surface area contributed by atoms with Crippen molar-refractivity contribution in [1.82, 2.24) is 19.9 Å². The Morgan fingerprint density at radius 1 is 1.09 bits per heavy atom. The molecular formula is C26H31N5O. The number of anilines is 2. The van der Waals surface area contributed by atoms with Gasteiger partial charge in [0.15, 0.2) is 0 Å². The van der Waals surface area contributed by atoms with E-state index in [4.69, 9.17) is 9.97 Å². The zero-order chi connectivity index (χ0) is 22.5. The van der Waals surface area contributed by atoms with E-state index in [-0.39, 0.29) is 17.6 Å². The highest BCUT2D eigenvalue weighted by Crippen LogP contribution is 2.57. The maximum atomic E-state index is 9.71. The highest BCUT2D eigenvalue weighted by Gasteiger charge is 2.52. The summed E-state index contributed by atoms with van der Waals surface area (Å²) in [6.45, 7) is 8.02. The molecule has 1 aromatic carbocycles. The van der Waals surface area contributed by atoms with Gasteiger partial charge in [-0.2, -0.15) is 0 Å². The molecule has 1 saturated carbocycles. The van der Waals surface area contributed by atoms with Crippen molar-refractivity contribution < 1.29 is 5.11 Å². The summed E-state index contributed by atoms with van der Waals surface area (Å²) in [7, 11) is 2.06. The van der Waals surface area contributed by atoms with Crippen LogP contribution in [0.2, 0.25) is 0 Å². The smallest absolute Gasteiger partial charge is 0.229 e. The van der Waals surface area contributed by atoms with Crippen LogP contribution in [-0.2, 0) is 12.0 Å².